The molecule has 0 aromatic carbocycles. The first-order chi connectivity index (χ1) is 7.51. The third-order valence-corrected chi connectivity index (χ3v) is 2.27. The van der Waals surface area contributed by atoms with Gasteiger partial charge in [-0.2, -0.15) is 0 Å². The molecular formula is C11H22N2O3. The van der Waals surface area contributed by atoms with Crippen molar-refractivity contribution in [2.75, 3.05) is 20.2 Å². The van der Waals surface area contributed by atoms with Crippen LogP contribution in [-0.4, -0.2) is 32.1 Å². The number of esters is 1. The number of carbonyl (C=O) groups is 2. The largest absolute Gasteiger partial charge is 0.469 e. The fourth-order valence-corrected chi connectivity index (χ4v) is 1.41. The smallest absolute Gasteiger partial charge is 0.307 e. The molecule has 0 aliphatic carbocycles. The highest BCUT2D eigenvalue weighted by molar-refractivity contribution is 5.79. The van der Waals surface area contributed by atoms with Crippen LogP contribution in [0, 0.1) is 11.8 Å². The van der Waals surface area contributed by atoms with Gasteiger partial charge in [0, 0.05) is 13.1 Å². The summed E-state index contributed by atoms with van der Waals surface area (Å²) in [6, 6.07) is 0. The number of methoxy groups -OCH3 is 1. The lowest BCUT2D eigenvalue weighted by atomic mass is 9.96. The third-order valence-electron chi connectivity index (χ3n) is 2.27. The molecule has 0 heterocycles. The fraction of sp³-hybridized carbons (Fsp3) is 0.818. The number of rotatable bonds is 7. The standard InChI is InChI=1S/C11H22N2O3/c1-8(2)6-9(7-12)11(15)13-5-4-10(14)16-3/h8-9H,4-7,12H2,1-3H3,(H,13,15). The van der Waals surface area contributed by atoms with Gasteiger partial charge in [-0.3, -0.25) is 9.59 Å². The molecule has 0 radical (unpaired) electrons. The van der Waals surface area contributed by atoms with Crippen LogP contribution in [0.25, 0.3) is 0 Å². The van der Waals surface area contributed by atoms with Gasteiger partial charge in [-0.15, -0.1) is 0 Å². The Hall–Kier alpha value is -1.10. The van der Waals surface area contributed by atoms with E-state index < -0.39 is 0 Å². The minimum Gasteiger partial charge on any atom is -0.469 e. The molecule has 0 fully saturated rings. The van der Waals surface area contributed by atoms with Crippen LogP contribution in [-0.2, 0) is 14.3 Å². The van der Waals surface area contributed by atoms with Gasteiger partial charge in [-0.1, -0.05) is 13.8 Å². The SMILES string of the molecule is COC(=O)CCNC(=O)C(CN)CC(C)C. The summed E-state index contributed by atoms with van der Waals surface area (Å²) in [7, 11) is 1.33. The molecule has 5 heteroatoms. The van der Waals surface area contributed by atoms with Gasteiger partial charge in [0.25, 0.3) is 0 Å². The number of hydrogen-bond acceptors (Lipinski definition) is 4. The van der Waals surface area contributed by atoms with Gasteiger partial charge < -0.3 is 15.8 Å². The summed E-state index contributed by atoms with van der Waals surface area (Å²) in [4.78, 5) is 22.4. The Labute approximate surface area is 96.7 Å². The summed E-state index contributed by atoms with van der Waals surface area (Å²) in [5.41, 5.74) is 5.53. The predicted octanol–water partition coefficient (Wildman–Crippen LogP) is 0.287. The second-order valence-electron chi connectivity index (χ2n) is 4.18. The number of nitrogens with one attached hydrogen (secondary N) is 1. The molecule has 94 valence electrons. The highest BCUT2D eigenvalue weighted by Crippen LogP contribution is 2.10. The summed E-state index contributed by atoms with van der Waals surface area (Å²) < 4.78 is 4.47. The molecule has 0 aromatic rings. The first kappa shape index (κ1) is 14.9. The van der Waals surface area contributed by atoms with Gasteiger partial charge in [-0.25, -0.2) is 0 Å². The first-order valence-electron chi connectivity index (χ1n) is 5.55. The van der Waals surface area contributed by atoms with Crippen molar-refractivity contribution >= 4 is 11.9 Å². The molecule has 1 atom stereocenters. The molecule has 0 aliphatic rings. The lowest BCUT2D eigenvalue weighted by molar-refractivity contribution is -0.140. The van der Waals surface area contributed by atoms with Crippen LogP contribution in [0.5, 0.6) is 0 Å². The summed E-state index contributed by atoms with van der Waals surface area (Å²) >= 11 is 0. The van der Waals surface area contributed by atoms with Crippen LogP contribution in [0.4, 0.5) is 0 Å². The van der Waals surface area contributed by atoms with Crippen LogP contribution in [0.3, 0.4) is 0 Å². The van der Waals surface area contributed by atoms with E-state index >= 15 is 0 Å². The Bertz CT molecular complexity index is 229. The molecule has 0 spiro atoms. The lowest BCUT2D eigenvalue weighted by Crippen LogP contribution is -2.36. The fourth-order valence-electron chi connectivity index (χ4n) is 1.41. The van der Waals surface area contributed by atoms with E-state index in [0.29, 0.717) is 19.0 Å². The summed E-state index contributed by atoms with van der Waals surface area (Å²) in [5.74, 6) is -0.147. The Balaban J connectivity index is 3.88. The van der Waals surface area contributed by atoms with Crippen LogP contribution in [0.1, 0.15) is 26.7 Å². The summed E-state index contributed by atoms with van der Waals surface area (Å²) in [6.07, 6.45) is 0.960. The molecular weight excluding hydrogens is 208 g/mol. The Morgan fingerprint density at radius 3 is 2.44 bits per heavy atom. The molecule has 0 saturated carbocycles. The second kappa shape index (κ2) is 8.10. The van der Waals surface area contributed by atoms with Crippen molar-refractivity contribution in [2.24, 2.45) is 17.6 Å². The summed E-state index contributed by atoms with van der Waals surface area (Å²) in [5, 5.41) is 2.68. The molecule has 1 unspecified atom stereocenters. The maximum Gasteiger partial charge on any atom is 0.307 e. The molecule has 0 rings (SSSR count). The van der Waals surface area contributed by atoms with E-state index in [1.165, 1.54) is 7.11 Å². The number of ether oxygens (including phenoxy) is 1. The number of nitrogens with two attached hydrogens (primary N) is 1. The lowest BCUT2D eigenvalue weighted by Gasteiger charge is -2.16. The topological polar surface area (TPSA) is 81.4 Å². The Kier molecular flexibility index (Phi) is 7.54. The van der Waals surface area contributed by atoms with E-state index in [2.05, 4.69) is 10.1 Å². The number of amides is 1. The van der Waals surface area contributed by atoms with E-state index in [4.69, 9.17) is 5.73 Å². The van der Waals surface area contributed by atoms with Crippen LogP contribution in [0.15, 0.2) is 0 Å². The van der Waals surface area contributed by atoms with Crippen molar-refractivity contribution in [3.8, 4) is 0 Å². The number of hydrogen-bond donors (Lipinski definition) is 2. The minimum absolute atomic E-state index is 0.0832. The average Bonchev–Trinajstić information content (AvgIpc) is 2.24. The van der Waals surface area contributed by atoms with Crippen LogP contribution in [0.2, 0.25) is 0 Å². The van der Waals surface area contributed by atoms with E-state index in [1.807, 2.05) is 13.8 Å². The highest BCUT2D eigenvalue weighted by atomic mass is 16.5. The second-order valence-corrected chi connectivity index (χ2v) is 4.18. The van der Waals surface area contributed by atoms with Gasteiger partial charge in [0.1, 0.15) is 0 Å². The predicted molar refractivity (Wildman–Crippen MR) is 61.6 cm³/mol. The third kappa shape index (κ3) is 6.40. The van der Waals surface area contributed by atoms with Gasteiger partial charge in [0.05, 0.1) is 19.4 Å². The van der Waals surface area contributed by atoms with Crippen molar-refractivity contribution in [3.05, 3.63) is 0 Å². The number of carbonyl (C=O) groups excluding carboxylic acids is 2. The molecule has 1 amide bonds. The van der Waals surface area contributed by atoms with Crippen LogP contribution < -0.4 is 11.1 Å². The van der Waals surface area contributed by atoms with E-state index in [1.54, 1.807) is 0 Å². The van der Waals surface area contributed by atoms with Crippen molar-refractivity contribution < 1.29 is 14.3 Å². The first-order valence-corrected chi connectivity index (χ1v) is 5.55. The van der Waals surface area contributed by atoms with E-state index in [9.17, 15) is 9.59 Å². The molecule has 3 N–H and O–H groups in total. The zero-order valence-electron chi connectivity index (χ0n) is 10.3. The van der Waals surface area contributed by atoms with Gasteiger partial charge >= 0.3 is 5.97 Å². The minimum atomic E-state index is -0.326. The zero-order valence-corrected chi connectivity index (χ0v) is 10.3. The van der Waals surface area contributed by atoms with Gasteiger partial charge in [0.2, 0.25) is 5.91 Å². The maximum absolute atomic E-state index is 11.6. The molecule has 0 aromatic heterocycles. The van der Waals surface area contributed by atoms with E-state index in [-0.39, 0.29) is 24.2 Å². The summed E-state index contributed by atoms with van der Waals surface area (Å²) in [6.45, 7) is 4.73. The quantitative estimate of drug-likeness (QED) is 0.616. The van der Waals surface area contributed by atoms with Crippen molar-refractivity contribution in [1.82, 2.24) is 5.32 Å². The monoisotopic (exact) mass is 230 g/mol. The van der Waals surface area contributed by atoms with Gasteiger partial charge in [0.15, 0.2) is 0 Å². The molecule has 0 bridgehead atoms. The van der Waals surface area contributed by atoms with Crippen molar-refractivity contribution in [1.29, 1.82) is 0 Å². The van der Waals surface area contributed by atoms with Gasteiger partial charge in [-0.05, 0) is 12.3 Å². The Morgan fingerprint density at radius 1 is 1.38 bits per heavy atom. The zero-order chi connectivity index (χ0) is 12.6. The van der Waals surface area contributed by atoms with E-state index in [0.717, 1.165) is 6.42 Å². The highest BCUT2D eigenvalue weighted by Gasteiger charge is 2.17. The van der Waals surface area contributed by atoms with Crippen molar-refractivity contribution in [3.63, 3.8) is 0 Å². The maximum atomic E-state index is 11.6. The molecule has 0 saturated heterocycles. The normalized spacial score (nSPS) is 12.3. The van der Waals surface area contributed by atoms with Crippen LogP contribution >= 0.6 is 0 Å². The van der Waals surface area contributed by atoms with Crippen molar-refractivity contribution in [2.45, 2.75) is 26.7 Å². The Morgan fingerprint density at radius 2 is 2.00 bits per heavy atom. The molecule has 0 aliphatic heterocycles. The molecule has 16 heavy (non-hydrogen) atoms. The average molecular weight is 230 g/mol. The molecule has 5 nitrogen and oxygen atoms in total.